The van der Waals surface area contributed by atoms with Gasteiger partial charge in [0.15, 0.2) is 0 Å². The Hall–Kier alpha value is -1.06. The standard InChI is InChI=1S/C12H15ClO3/c1-8(14)6-7-10(12(15)16)9-4-2-3-5-11(9)13/h2-5,8,10,14H,6-7H2,1H3,(H,15,16). The van der Waals surface area contributed by atoms with Crippen molar-refractivity contribution in [3.05, 3.63) is 34.9 Å². The molecule has 1 rings (SSSR count). The summed E-state index contributed by atoms with van der Waals surface area (Å²) < 4.78 is 0. The van der Waals surface area contributed by atoms with E-state index in [1.165, 1.54) is 0 Å². The molecule has 0 aliphatic heterocycles. The summed E-state index contributed by atoms with van der Waals surface area (Å²) in [5.74, 6) is -1.56. The second kappa shape index (κ2) is 5.87. The van der Waals surface area contributed by atoms with E-state index in [-0.39, 0.29) is 0 Å². The van der Waals surface area contributed by atoms with Crippen LogP contribution in [-0.4, -0.2) is 22.3 Å². The molecule has 2 unspecified atom stereocenters. The number of carboxylic acids is 1. The Kier molecular flexibility index (Phi) is 4.77. The highest BCUT2D eigenvalue weighted by Crippen LogP contribution is 2.28. The van der Waals surface area contributed by atoms with Crippen molar-refractivity contribution in [1.29, 1.82) is 0 Å². The third-order valence-electron chi connectivity index (χ3n) is 2.45. The van der Waals surface area contributed by atoms with E-state index in [0.29, 0.717) is 23.4 Å². The first-order valence-electron chi connectivity index (χ1n) is 5.17. The molecule has 0 spiro atoms. The number of aliphatic carboxylic acids is 1. The van der Waals surface area contributed by atoms with Gasteiger partial charge in [0, 0.05) is 5.02 Å². The molecule has 0 heterocycles. The van der Waals surface area contributed by atoms with E-state index in [9.17, 15) is 9.90 Å². The first-order valence-corrected chi connectivity index (χ1v) is 5.55. The maximum Gasteiger partial charge on any atom is 0.311 e. The number of halogens is 1. The van der Waals surface area contributed by atoms with E-state index in [2.05, 4.69) is 0 Å². The van der Waals surface area contributed by atoms with Gasteiger partial charge in [0.1, 0.15) is 0 Å². The predicted octanol–water partition coefficient (Wildman–Crippen LogP) is 2.67. The van der Waals surface area contributed by atoms with Gasteiger partial charge in [0.05, 0.1) is 12.0 Å². The monoisotopic (exact) mass is 242 g/mol. The largest absolute Gasteiger partial charge is 0.481 e. The molecule has 2 N–H and O–H groups in total. The summed E-state index contributed by atoms with van der Waals surface area (Å²) in [5.41, 5.74) is 0.609. The van der Waals surface area contributed by atoms with Crippen LogP contribution in [0.4, 0.5) is 0 Å². The number of benzene rings is 1. The number of hydrogen-bond donors (Lipinski definition) is 2. The molecule has 0 aliphatic rings. The van der Waals surface area contributed by atoms with Crippen LogP contribution in [0.2, 0.25) is 5.02 Å². The number of aliphatic hydroxyl groups excluding tert-OH is 1. The molecule has 0 amide bonds. The van der Waals surface area contributed by atoms with Gasteiger partial charge in [-0.1, -0.05) is 29.8 Å². The van der Waals surface area contributed by atoms with Gasteiger partial charge in [-0.05, 0) is 31.4 Å². The van der Waals surface area contributed by atoms with Gasteiger partial charge in [-0.25, -0.2) is 0 Å². The SMILES string of the molecule is CC(O)CCC(C(=O)O)c1ccccc1Cl. The lowest BCUT2D eigenvalue weighted by molar-refractivity contribution is -0.139. The molecule has 0 radical (unpaired) electrons. The van der Waals surface area contributed by atoms with Gasteiger partial charge < -0.3 is 10.2 Å². The smallest absolute Gasteiger partial charge is 0.311 e. The van der Waals surface area contributed by atoms with Crippen LogP contribution in [0.25, 0.3) is 0 Å². The van der Waals surface area contributed by atoms with Gasteiger partial charge in [0.25, 0.3) is 0 Å². The number of carbonyl (C=O) groups is 1. The molecule has 3 nitrogen and oxygen atoms in total. The summed E-state index contributed by atoms with van der Waals surface area (Å²) in [6.45, 7) is 1.64. The Bertz CT molecular complexity index is 363. The molecule has 16 heavy (non-hydrogen) atoms. The van der Waals surface area contributed by atoms with Crippen molar-refractivity contribution >= 4 is 17.6 Å². The topological polar surface area (TPSA) is 57.5 Å². The molecule has 88 valence electrons. The normalized spacial score (nSPS) is 14.4. The van der Waals surface area contributed by atoms with Crippen molar-refractivity contribution in [3.63, 3.8) is 0 Å². The van der Waals surface area contributed by atoms with E-state index in [4.69, 9.17) is 16.7 Å². The predicted molar refractivity (Wildman–Crippen MR) is 62.7 cm³/mol. The van der Waals surface area contributed by atoms with E-state index < -0.39 is 18.0 Å². The quantitative estimate of drug-likeness (QED) is 0.835. The van der Waals surface area contributed by atoms with Crippen molar-refractivity contribution in [2.24, 2.45) is 0 Å². The van der Waals surface area contributed by atoms with E-state index in [0.717, 1.165) is 0 Å². The van der Waals surface area contributed by atoms with Crippen LogP contribution >= 0.6 is 11.6 Å². The van der Waals surface area contributed by atoms with E-state index in [1.54, 1.807) is 31.2 Å². The molecule has 2 atom stereocenters. The Labute approximate surface area is 99.7 Å². The summed E-state index contributed by atoms with van der Waals surface area (Å²) in [6, 6.07) is 6.91. The van der Waals surface area contributed by atoms with Crippen LogP contribution in [0.15, 0.2) is 24.3 Å². The van der Waals surface area contributed by atoms with Crippen LogP contribution in [0, 0.1) is 0 Å². The van der Waals surface area contributed by atoms with Crippen molar-refractivity contribution in [1.82, 2.24) is 0 Å². The molecule has 0 aliphatic carbocycles. The Balaban J connectivity index is 2.86. The van der Waals surface area contributed by atoms with E-state index >= 15 is 0 Å². The van der Waals surface area contributed by atoms with Gasteiger partial charge >= 0.3 is 5.97 Å². The molecule has 0 fully saturated rings. The summed E-state index contributed by atoms with van der Waals surface area (Å²) in [6.07, 6.45) is 0.336. The fraction of sp³-hybridized carbons (Fsp3) is 0.417. The third kappa shape index (κ3) is 3.51. The number of hydrogen-bond acceptors (Lipinski definition) is 2. The third-order valence-corrected chi connectivity index (χ3v) is 2.80. The molecule has 0 saturated heterocycles. The first-order chi connectivity index (χ1) is 7.52. The fourth-order valence-electron chi connectivity index (χ4n) is 1.58. The molecule has 0 bridgehead atoms. The van der Waals surface area contributed by atoms with Crippen molar-refractivity contribution in [2.75, 3.05) is 0 Å². The average molecular weight is 243 g/mol. The summed E-state index contributed by atoms with van der Waals surface area (Å²) in [7, 11) is 0. The average Bonchev–Trinajstić information content (AvgIpc) is 2.20. The van der Waals surface area contributed by atoms with Gasteiger partial charge in [-0.15, -0.1) is 0 Å². The maximum atomic E-state index is 11.1. The van der Waals surface area contributed by atoms with Crippen LogP contribution < -0.4 is 0 Å². The maximum absolute atomic E-state index is 11.1. The minimum atomic E-state index is -0.909. The number of carboxylic acid groups (broad SMARTS) is 1. The lowest BCUT2D eigenvalue weighted by Gasteiger charge is -2.14. The molecule has 0 aromatic heterocycles. The van der Waals surface area contributed by atoms with Crippen molar-refractivity contribution in [2.45, 2.75) is 31.8 Å². The summed E-state index contributed by atoms with van der Waals surface area (Å²) >= 11 is 5.95. The second-order valence-corrected chi connectivity index (χ2v) is 4.25. The molecule has 0 saturated carbocycles. The van der Waals surface area contributed by atoms with Crippen LogP contribution in [0.1, 0.15) is 31.2 Å². The Morgan fingerprint density at radius 2 is 2.00 bits per heavy atom. The summed E-state index contributed by atoms with van der Waals surface area (Å²) in [4.78, 5) is 11.1. The molecular weight excluding hydrogens is 228 g/mol. The van der Waals surface area contributed by atoms with Crippen molar-refractivity contribution in [3.8, 4) is 0 Å². The zero-order chi connectivity index (χ0) is 12.1. The molecule has 4 heteroatoms. The molecule has 1 aromatic rings. The van der Waals surface area contributed by atoms with Gasteiger partial charge in [0.2, 0.25) is 0 Å². The van der Waals surface area contributed by atoms with Crippen LogP contribution in [0.5, 0.6) is 0 Å². The zero-order valence-electron chi connectivity index (χ0n) is 9.06. The minimum absolute atomic E-state index is 0.386. The second-order valence-electron chi connectivity index (χ2n) is 3.84. The fourth-order valence-corrected chi connectivity index (χ4v) is 1.85. The van der Waals surface area contributed by atoms with Crippen molar-refractivity contribution < 1.29 is 15.0 Å². The lowest BCUT2D eigenvalue weighted by atomic mass is 9.93. The molecular formula is C12H15ClO3. The summed E-state index contributed by atoms with van der Waals surface area (Å²) in [5, 5.41) is 18.8. The van der Waals surface area contributed by atoms with Crippen LogP contribution in [0.3, 0.4) is 0 Å². The Morgan fingerprint density at radius 1 is 1.38 bits per heavy atom. The highest BCUT2D eigenvalue weighted by Gasteiger charge is 2.22. The number of rotatable bonds is 5. The van der Waals surface area contributed by atoms with E-state index in [1.807, 2.05) is 0 Å². The highest BCUT2D eigenvalue weighted by atomic mass is 35.5. The molecule has 1 aromatic carbocycles. The number of aliphatic hydroxyl groups is 1. The minimum Gasteiger partial charge on any atom is -0.481 e. The first kappa shape index (κ1) is 13.0. The Morgan fingerprint density at radius 3 is 2.50 bits per heavy atom. The van der Waals surface area contributed by atoms with Crippen LogP contribution in [-0.2, 0) is 4.79 Å². The highest BCUT2D eigenvalue weighted by molar-refractivity contribution is 6.31. The van der Waals surface area contributed by atoms with Gasteiger partial charge in [-0.2, -0.15) is 0 Å². The lowest BCUT2D eigenvalue weighted by Crippen LogP contribution is -2.14. The van der Waals surface area contributed by atoms with Gasteiger partial charge in [-0.3, -0.25) is 4.79 Å². The zero-order valence-corrected chi connectivity index (χ0v) is 9.81.